The van der Waals surface area contributed by atoms with Crippen molar-refractivity contribution < 1.29 is 19.1 Å². The van der Waals surface area contributed by atoms with Crippen LogP contribution in [0.4, 0.5) is 0 Å². The molecule has 1 atom stereocenters. The van der Waals surface area contributed by atoms with Crippen molar-refractivity contribution in [2.45, 2.75) is 19.5 Å². The van der Waals surface area contributed by atoms with E-state index in [0.29, 0.717) is 12.1 Å². The largest absolute Gasteiger partial charge is 0.497 e. The first-order valence-corrected chi connectivity index (χ1v) is 9.52. The van der Waals surface area contributed by atoms with Crippen LogP contribution < -0.4 is 15.4 Å². The topological polar surface area (TPSA) is 87.7 Å². The summed E-state index contributed by atoms with van der Waals surface area (Å²) < 4.78 is 5.10. The van der Waals surface area contributed by atoms with E-state index in [1.54, 1.807) is 70.6 Å². The molecule has 0 fully saturated rings. The number of rotatable bonds is 8. The molecule has 2 N–H and O–H groups in total. The maximum Gasteiger partial charge on any atom is 0.251 e. The lowest BCUT2D eigenvalue weighted by molar-refractivity contribution is -0.134. The highest BCUT2D eigenvalue weighted by atomic mass is 16.5. The van der Waals surface area contributed by atoms with E-state index in [2.05, 4.69) is 10.6 Å². The van der Waals surface area contributed by atoms with Crippen molar-refractivity contribution in [2.75, 3.05) is 21.2 Å². The summed E-state index contributed by atoms with van der Waals surface area (Å²) in [5.41, 5.74) is 2.29. The van der Waals surface area contributed by atoms with Crippen LogP contribution in [0.15, 0.2) is 54.6 Å². The first kappa shape index (κ1) is 22.7. The summed E-state index contributed by atoms with van der Waals surface area (Å²) in [5.74, 6) is 0.0127. The summed E-state index contributed by atoms with van der Waals surface area (Å²) in [4.78, 5) is 37.8. The molecule has 0 saturated heterocycles. The molecular formula is C23H27N3O4. The van der Waals surface area contributed by atoms with Gasteiger partial charge in [0.15, 0.2) is 0 Å². The van der Waals surface area contributed by atoms with E-state index in [4.69, 9.17) is 4.74 Å². The van der Waals surface area contributed by atoms with Crippen LogP contribution >= 0.6 is 0 Å². The lowest BCUT2D eigenvalue weighted by atomic mass is 10.1. The Hall–Kier alpha value is -3.61. The van der Waals surface area contributed by atoms with E-state index in [0.717, 1.165) is 16.9 Å². The maximum atomic E-state index is 12.6. The number of carbonyl (C=O) groups is 3. The monoisotopic (exact) mass is 409 g/mol. The number of nitrogens with one attached hydrogen (secondary N) is 2. The molecule has 0 saturated carbocycles. The molecule has 30 heavy (non-hydrogen) atoms. The Labute approximate surface area is 176 Å². The number of hydrogen-bond acceptors (Lipinski definition) is 4. The van der Waals surface area contributed by atoms with Crippen LogP contribution in [0.25, 0.3) is 6.08 Å². The molecule has 0 heterocycles. The minimum absolute atomic E-state index is 0.162. The number of amides is 3. The zero-order valence-corrected chi connectivity index (χ0v) is 17.6. The second-order valence-electron chi connectivity index (χ2n) is 6.81. The normalized spacial score (nSPS) is 11.6. The summed E-state index contributed by atoms with van der Waals surface area (Å²) in [5, 5.41) is 5.24. The zero-order chi connectivity index (χ0) is 22.1. The zero-order valence-electron chi connectivity index (χ0n) is 17.6. The van der Waals surface area contributed by atoms with Gasteiger partial charge in [0.2, 0.25) is 11.8 Å². The molecule has 2 rings (SSSR count). The van der Waals surface area contributed by atoms with E-state index in [9.17, 15) is 14.4 Å². The smallest absolute Gasteiger partial charge is 0.251 e. The quantitative estimate of drug-likeness (QED) is 0.655. The van der Waals surface area contributed by atoms with Gasteiger partial charge in [0.1, 0.15) is 11.8 Å². The van der Waals surface area contributed by atoms with Gasteiger partial charge in [-0.15, -0.1) is 0 Å². The predicted molar refractivity (Wildman–Crippen MR) is 116 cm³/mol. The van der Waals surface area contributed by atoms with Crippen LogP contribution in [-0.2, 0) is 16.1 Å². The Morgan fingerprint density at radius 2 is 1.70 bits per heavy atom. The number of ether oxygens (including phenoxy) is 1. The van der Waals surface area contributed by atoms with Gasteiger partial charge in [-0.25, -0.2) is 0 Å². The predicted octanol–water partition coefficient (Wildman–Crippen LogP) is 2.23. The van der Waals surface area contributed by atoms with Gasteiger partial charge in [-0.1, -0.05) is 24.3 Å². The molecule has 0 aliphatic rings. The molecule has 0 aromatic heterocycles. The number of methoxy groups -OCH3 is 1. The van der Waals surface area contributed by atoms with Crippen LogP contribution in [0.1, 0.15) is 28.4 Å². The van der Waals surface area contributed by atoms with E-state index in [1.165, 1.54) is 11.0 Å². The Morgan fingerprint density at radius 3 is 2.27 bits per heavy atom. The van der Waals surface area contributed by atoms with Gasteiger partial charge in [-0.3, -0.25) is 14.4 Å². The Bertz CT molecular complexity index is 905. The van der Waals surface area contributed by atoms with Gasteiger partial charge < -0.3 is 20.3 Å². The molecule has 7 heteroatoms. The maximum absolute atomic E-state index is 12.6. The molecule has 3 amide bonds. The highest BCUT2D eigenvalue weighted by Crippen LogP contribution is 2.12. The highest BCUT2D eigenvalue weighted by molar-refractivity contribution is 5.95. The van der Waals surface area contributed by atoms with Gasteiger partial charge in [0.25, 0.3) is 5.91 Å². The second kappa shape index (κ2) is 10.8. The summed E-state index contributed by atoms with van der Waals surface area (Å²) in [6.07, 6.45) is 3.06. The third kappa shape index (κ3) is 6.48. The SMILES string of the molecule is CNC(=O)c1ccc(CN(C)C(=O)[C@H](C)NC(=O)/C=C/c2ccc(OC)cc2)cc1. The lowest BCUT2D eigenvalue weighted by Gasteiger charge is -2.22. The molecule has 158 valence electrons. The van der Waals surface area contributed by atoms with Crippen LogP contribution in [0.2, 0.25) is 0 Å². The molecular weight excluding hydrogens is 382 g/mol. The minimum Gasteiger partial charge on any atom is -0.497 e. The first-order chi connectivity index (χ1) is 14.3. The van der Waals surface area contributed by atoms with Gasteiger partial charge in [-0.05, 0) is 48.4 Å². The standard InChI is InChI=1S/C23H27N3O4/c1-16(25-21(27)14-9-17-7-12-20(30-4)13-8-17)23(29)26(3)15-18-5-10-19(11-6-18)22(28)24-2/h5-14,16H,15H2,1-4H3,(H,24,28)(H,25,27)/b14-9+/t16-/m0/s1. The fraction of sp³-hybridized carbons (Fsp3) is 0.261. The average Bonchev–Trinajstić information content (AvgIpc) is 2.77. The molecule has 0 spiro atoms. The van der Waals surface area contributed by atoms with Crippen LogP contribution in [0.3, 0.4) is 0 Å². The van der Waals surface area contributed by atoms with Gasteiger partial charge in [0.05, 0.1) is 7.11 Å². The summed E-state index contributed by atoms with van der Waals surface area (Å²) in [7, 11) is 4.84. The molecule has 0 aliphatic heterocycles. The minimum atomic E-state index is -0.673. The number of carbonyl (C=O) groups excluding carboxylic acids is 3. The van der Waals surface area contributed by atoms with E-state index in [-0.39, 0.29) is 17.7 Å². The van der Waals surface area contributed by atoms with Crippen molar-refractivity contribution in [3.05, 3.63) is 71.3 Å². The molecule has 0 bridgehead atoms. The fourth-order valence-electron chi connectivity index (χ4n) is 2.80. The van der Waals surface area contributed by atoms with Crippen molar-refractivity contribution in [3.8, 4) is 5.75 Å². The van der Waals surface area contributed by atoms with Crippen molar-refractivity contribution in [1.29, 1.82) is 0 Å². The third-order valence-corrected chi connectivity index (χ3v) is 4.51. The average molecular weight is 409 g/mol. The number of likely N-dealkylation sites (N-methyl/N-ethyl adjacent to an activating group) is 1. The lowest BCUT2D eigenvalue weighted by Crippen LogP contribution is -2.44. The molecule has 2 aromatic rings. The Morgan fingerprint density at radius 1 is 1.07 bits per heavy atom. The van der Waals surface area contributed by atoms with Crippen molar-refractivity contribution in [2.24, 2.45) is 0 Å². The Kier molecular flexibility index (Phi) is 8.17. The molecule has 2 aromatic carbocycles. The van der Waals surface area contributed by atoms with Crippen molar-refractivity contribution >= 4 is 23.8 Å². The van der Waals surface area contributed by atoms with Crippen molar-refractivity contribution in [1.82, 2.24) is 15.5 Å². The molecule has 0 radical (unpaired) electrons. The summed E-state index contributed by atoms with van der Waals surface area (Å²) in [6.45, 7) is 2.02. The van der Waals surface area contributed by atoms with E-state index in [1.807, 2.05) is 12.1 Å². The molecule has 0 aliphatic carbocycles. The van der Waals surface area contributed by atoms with E-state index < -0.39 is 6.04 Å². The van der Waals surface area contributed by atoms with Gasteiger partial charge >= 0.3 is 0 Å². The van der Waals surface area contributed by atoms with Gasteiger partial charge in [-0.2, -0.15) is 0 Å². The van der Waals surface area contributed by atoms with Crippen LogP contribution in [0, 0.1) is 0 Å². The number of benzene rings is 2. The molecule has 7 nitrogen and oxygen atoms in total. The first-order valence-electron chi connectivity index (χ1n) is 9.52. The number of hydrogen-bond donors (Lipinski definition) is 2. The van der Waals surface area contributed by atoms with Crippen LogP contribution in [-0.4, -0.2) is 49.9 Å². The fourth-order valence-corrected chi connectivity index (χ4v) is 2.80. The van der Waals surface area contributed by atoms with E-state index >= 15 is 0 Å². The number of nitrogens with zero attached hydrogens (tertiary/aromatic N) is 1. The molecule has 0 unspecified atom stereocenters. The van der Waals surface area contributed by atoms with Crippen LogP contribution in [0.5, 0.6) is 5.75 Å². The Balaban J connectivity index is 1.88. The third-order valence-electron chi connectivity index (χ3n) is 4.51. The highest BCUT2D eigenvalue weighted by Gasteiger charge is 2.19. The van der Waals surface area contributed by atoms with Crippen molar-refractivity contribution in [3.63, 3.8) is 0 Å². The van der Waals surface area contributed by atoms with Gasteiger partial charge in [0, 0.05) is 32.3 Å². The summed E-state index contributed by atoms with van der Waals surface area (Å²) in [6, 6.07) is 13.6. The second-order valence-corrected chi connectivity index (χ2v) is 6.81. The summed E-state index contributed by atoms with van der Waals surface area (Å²) >= 11 is 0.